The van der Waals surface area contributed by atoms with Crippen molar-refractivity contribution in [2.75, 3.05) is 6.26 Å². The summed E-state index contributed by atoms with van der Waals surface area (Å²) in [6.45, 7) is 0. The second kappa shape index (κ2) is 6.54. The second-order valence-corrected chi connectivity index (χ2v) is 6.27. The van der Waals surface area contributed by atoms with E-state index in [1.54, 1.807) is 24.5 Å². The van der Waals surface area contributed by atoms with Gasteiger partial charge in [0.25, 0.3) is 5.56 Å². The summed E-state index contributed by atoms with van der Waals surface area (Å²) in [6.07, 6.45) is 3.22. The molecule has 27 heavy (non-hydrogen) atoms. The van der Waals surface area contributed by atoms with Crippen LogP contribution in [0.15, 0.2) is 46.5 Å². The van der Waals surface area contributed by atoms with Crippen LogP contribution < -0.4 is 5.56 Å². The van der Waals surface area contributed by atoms with Crippen LogP contribution in [-0.2, 0) is 0 Å². The molecule has 1 aromatic carbocycles. The molecule has 0 unspecified atom stereocenters. The molecule has 0 bridgehead atoms. The zero-order chi connectivity index (χ0) is 19.1. The van der Waals surface area contributed by atoms with Crippen LogP contribution in [-0.4, -0.2) is 30.8 Å². The molecule has 0 fully saturated rings. The Bertz CT molecular complexity index is 1200. The van der Waals surface area contributed by atoms with Gasteiger partial charge >= 0.3 is 0 Å². The van der Waals surface area contributed by atoms with E-state index in [2.05, 4.69) is 20.1 Å². The number of benzene rings is 1. The molecule has 1 N–H and O–H groups in total. The van der Waals surface area contributed by atoms with Gasteiger partial charge in [-0.3, -0.25) is 14.8 Å². The Labute approximate surface area is 154 Å². The Morgan fingerprint density at radius 3 is 2.52 bits per heavy atom. The van der Waals surface area contributed by atoms with Crippen molar-refractivity contribution in [1.82, 2.24) is 24.6 Å². The Hall–Kier alpha value is -3.14. The zero-order valence-corrected chi connectivity index (χ0v) is 14.5. The molecule has 0 radical (unpaired) electrons. The number of H-pyrrole nitrogens is 1. The van der Waals surface area contributed by atoms with Gasteiger partial charge in [0, 0.05) is 11.8 Å². The molecule has 3 aromatic heterocycles. The van der Waals surface area contributed by atoms with E-state index in [1.807, 2.05) is 0 Å². The summed E-state index contributed by atoms with van der Waals surface area (Å²) in [6, 6.07) is 6.68. The maximum Gasteiger partial charge on any atom is 0.295 e. The summed E-state index contributed by atoms with van der Waals surface area (Å²) < 4.78 is 42.3. The van der Waals surface area contributed by atoms with Crippen LogP contribution in [0.2, 0.25) is 0 Å². The van der Waals surface area contributed by atoms with Crippen molar-refractivity contribution in [3.8, 4) is 22.6 Å². The first-order valence-electron chi connectivity index (χ1n) is 7.63. The Morgan fingerprint density at radius 1 is 1.15 bits per heavy atom. The van der Waals surface area contributed by atoms with Gasteiger partial charge in [0.2, 0.25) is 5.65 Å². The van der Waals surface area contributed by atoms with E-state index in [4.69, 9.17) is 0 Å². The number of fused-ring (bicyclic) bond motifs is 1. The van der Waals surface area contributed by atoms with Crippen molar-refractivity contribution in [2.24, 2.45) is 0 Å². The van der Waals surface area contributed by atoms with E-state index in [0.29, 0.717) is 5.69 Å². The van der Waals surface area contributed by atoms with Gasteiger partial charge in [-0.25, -0.2) is 22.7 Å². The van der Waals surface area contributed by atoms with Gasteiger partial charge in [-0.1, -0.05) is 17.8 Å². The number of halogens is 3. The fourth-order valence-corrected chi connectivity index (χ4v) is 3.01. The van der Waals surface area contributed by atoms with Crippen LogP contribution in [0.4, 0.5) is 13.2 Å². The van der Waals surface area contributed by atoms with E-state index in [9.17, 15) is 18.0 Å². The maximum atomic E-state index is 13.8. The molecule has 0 atom stereocenters. The van der Waals surface area contributed by atoms with E-state index < -0.39 is 23.0 Å². The van der Waals surface area contributed by atoms with Gasteiger partial charge in [-0.2, -0.15) is 0 Å². The fraction of sp³-hybridized carbons (Fsp3) is 0.0588. The second-order valence-electron chi connectivity index (χ2n) is 5.48. The SMILES string of the molecule is CSc1nn2c(-c3cc(F)c(F)c(F)c3)c(-c3ccccn3)nc2c(=O)[nH]1. The summed E-state index contributed by atoms with van der Waals surface area (Å²) in [5.74, 6) is -4.30. The molecule has 0 aliphatic carbocycles. The minimum absolute atomic E-state index is 0.0234. The predicted octanol–water partition coefficient (Wildman–Crippen LogP) is 3.29. The number of nitrogens with one attached hydrogen (secondary N) is 1. The molecule has 0 aliphatic rings. The third kappa shape index (κ3) is 2.87. The molecule has 10 heteroatoms. The number of imidazole rings is 1. The number of nitrogens with zero attached hydrogens (tertiary/aromatic N) is 4. The lowest BCUT2D eigenvalue weighted by atomic mass is 10.1. The molecule has 0 aliphatic heterocycles. The molecule has 0 spiro atoms. The van der Waals surface area contributed by atoms with Gasteiger partial charge < -0.3 is 0 Å². The van der Waals surface area contributed by atoms with E-state index in [1.165, 1.54) is 22.5 Å². The van der Waals surface area contributed by atoms with E-state index in [0.717, 1.165) is 12.1 Å². The van der Waals surface area contributed by atoms with Gasteiger partial charge in [0.15, 0.2) is 22.6 Å². The number of aromatic nitrogens is 5. The molecule has 4 aromatic rings. The van der Waals surface area contributed by atoms with E-state index in [-0.39, 0.29) is 27.8 Å². The van der Waals surface area contributed by atoms with Crippen molar-refractivity contribution in [3.63, 3.8) is 0 Å². The molecule has 3 heterocycles. The minimum Gasteiger partial charge on any atom is -0.297 e. The average molecular weight is 389 g/mol. The smallest absolute Gasteiger partial charge is 0.295 e. The van der Waals surface area contributed by atoms with E-state index >= 15 is 0 Å². The molecular formula is C17H10F3N5OS. The van der Waals surface area contributed by atoms with Crippen LogP contribution in [0.25, 0.3) is 28.3 Å². The van der Waals surface area contributed by atoms with Crippen LogP contribution in [0, 0.1) is 17.5 Å². The van der Waals surface area contributed by atoms with Crippen molar-refractivity contribution in [1.29, 1.82) is 0 Å². The third-order valence-corrected chi connectivity index (χ3v) is 4.40. The predicted molar refractivity (Wildman–Crippen MR) is 93.9 cm³/mol. The number of pyridine rings is 1. The quantitative estimate of drug-likeness (QED) is 0.430. The summed E-state index contributed by atoms with van der Waals surface area (Å²) in [5, 5.41) is 4.53. The Kier molecular flexibility index (Phi) is 4.19. The van der Waals surface area contributed by atoms with Crippen molar-refractivity contribution in [3.05, 3.63) is 64.3 Å². The monoisotopic (exact) mass is 389 g/mol. The number of aromatic amines is 1. The summed E-state index contributed by atoms with van der Waals surface area (Å²) >= 11 is 1.18. The average Bonchev–Trinajstić information content (AvgIpc) is 3.06. The Balaban J connectivity index is 2.13. The number of rotatable bonds is 3. The van der Waals surface area contributed by atoms with Gasteiger partial charge in [-0.05, 0) is 30.5 Å². The van der Waals surface area contributed by atoms with Crippen LogP contribution in [0.3, 0.4) is 0 Å². The highest BCUT2D eigenvalue weighted by Crippen LogP contribution is 2.32. The first-order valence-corrected chi connectivity index (χ1v) is 8.85. The van der Waals surface area contributed by atoms with Gasteiger partial charge in [0.05, 0.1) is 5.69 Å². The summed E-state index contributed by atoms with van der Waals surface area (Å²) in [5.41, 5.74) is 0.0625. The summed E-state index contributed by atoms with van der Waals surface area (Å²) in [7, 11) is 0. The van der Waals surface area contributed by atoms with Crippen LogP contribution in [0.5, 0.6) is 0 Å². The zero-order valence-electron chi connectivity index (χ0n) is 13.7. The lowest BCUT2D eigenvalue weighted by Crippen LogP contribution is -2.14. The van der Waals surface area contributed by atoms with Crippen LogP contribution in [0.1, 0.15) is 0 Å². The minimum atomic E-state index is -1.58. The van der Waals surface area contributed by atoms with Gasteiger partial charge in [0.1, 0.15) is 11.4 Å². The normalized spacial score (nSPS) is 11.3. The largest absolute Gasteiger partial charge is 0.297 e. The lowest BCUT2D eigenvalue weighted by Gasteiger charge is -2.06. The first-order chi connectivity index (χ1) is 13.0. The van der Waals surface area contributed by atoms with Crippen molar-refractivity contribution >= 4 is 17.4 Å². The first kappa shape index (κ1) is 17.3. The number of hydrogen-bond donors (Lipinski definition) is 1. The lowest BCUT2D eigenvalue weighted by molar-refractivity contribution is 0.447. The summed E-state index contributed by atoms with van der Waals surface area (Å²) in [4.78, 5) is 23.4. The molecule has 0 saturated heterocycles. The van der Waals surface area contributed by atoms with Crippen LogP contribution >= 0.6 is 11.8 Å². The van der Waals surface area contributed by atoms with Gasteiger partial charge in [-0.15, -0.1) is 5.10 Å². The van der Waals surface area contributed by atoms with Crippen molar-refractivity contribution < 1.29 is 13.2 Å². The molecule has 0 amide bonds. The Morgan fingerprint density at radius 2 is 1.89 bits per heavy atom. The highest BCUT2D eigenvalue weighted by molar-refractivity contribution is 7.98. The highest BCUT2D eigenvalue weighted by atomic mass is 32.2. The molecule has 136 valence electrons. The molecule has 0 saturated carbocycles. The number of hydrogen-bond acceptors (Lipinski definition) is 5. The standard InChI is InChI=1S/C17H10F3N5OS/c1-27-17-23-16(26)15-22-13(11-4-2-3-5-21-11)14(25(15)24-17)8-6-9(18)12(20)10(19)7-8/h2-7H,1H3,(H,23,24,26). The number of thioether (sulfide) groups is 1. The molecule has 4 rings (SSSR count). The topological polar surface area (TPSA) is 75.9 Å². The molecule has 6 nitrogen and oxygen atoms in total. The third-order valence-electron chi connectivity index (χ3n) is 3.83. The van der Waals surface area contributed by atoms with Crippen molar-refractivity contribution in [2.45, 2.75) is 5.16 Å². The highest BCUT2D eigenvalue weighted by Gasteiger charge is 2.23. The fourth-order valence-electron chi connectivity index (χ4n) is 2.65. The molecular weight excluding hydrogens is 379 g/mol. The maximum absolute atomic E-state index is 13.8.